The van der Waals surface area contributed by atoms with Crippen molar-refractivity contribution < 1.29 is 18.3 Å². The summed E-state index contributed by atoms with van der Waals surface area (Å²) >= 11 is 0. The van der Waals surface area contributed by atoms with Gasteiger partial charge < -0.3 is 10.0 Å². The number of hydrogen-bond donors (Lipinski definition) is 1. The molecule has 7 heteroatoms. The van der Waals surface area contributed by atoms with Gasteiger partial charge in [0.2, 0.25) is 15.9 Å². The molecule has 0 bridgehead atoms. The lowest BCUT2D eigenvalue weighted by Gasteiger charge is -2.55. The Bertz CT molecular complexity index is 758. The molecule has 1 N–H and O–H groups in total. The average molecular weight is 381 g/mol. The fraction of sp³-hybridized carbons (Fsp3) is 0.526. The number of allylic oxidation sites excluding steroid dienone is 1. The van der Waals surface area contributed by atoms with Crippen molar-refractivity contribution in [2.45, 2.75) is 38.3 Å². The zero-order chi connectivity index (χ0) is 19.5. The maximum Gasteiger partial charge on any atom is 0.222 e. The van der Waals surface area contributed by atoms with E-state index >= 15 is 0 Å². The van der Waals surface area contributed by atoms with Crippen molar-refractivity contribution in [1.29, 1.82) is 0 Å². The molecule has 1 aromatic carbocycles. The van der Waals surface area contributed by atoms with Crippen molar-refractivity contribution >= 4 is 22.0 Å². The Morgan fingerprint density at radius 3 is 2.35 bits per heavy atom. The summed E-state index contributed by atoms with van der Waals surface area (Å²) in [6.07, 6.45) is 5.43. The molecule has 1 heterocycles. The zero-order valence-corrected chi connectivity index (χ0v) is 16.6. The number of rotatable bonds is 7. The maximum absolute atomic E-state index is 12.4. The minimum Gasteiger partial charge on any atom is -0.394 e. The van der Waals surface area contributed by atoms with Crippen LogP contribution in [0.15, 0.2) is 30.3 Å². The molecule has 1 saturated heterocycles. The van der Waals surface area contributed by atoms with Gasteiger partial charge >= 0.3 is 0 Å². The third-order valence-electron chi connectivity index (χ3n) is 5.01. The van der Waals surface area contributed by atoms with Crippen LogP contribution in [0, 0.1) is 0 Å². The van der Waals surface area contributed by atoms with Crippen molar-refractivity contribution in [2.24, 2.45) is 0 Å². The second-order valence-electron chi connectivity index (χ2n) is 6.71. The van der Waals surface area contributed by atoms with Gasteiger partial charge in [-0.05, 0) is 18.1 Å². The molecule has 0 unspecified atom stereocenters. The molecule has 1 fully saturated rings. The van der Waals surface area contributed by atoms with E-state index in [4.69, 9.17) is 0 Å². The molecule has 1 aliphatic heterocycles. The van der Waals surface area contributed by atoms with Crippen LogP contribution in [0.2, 0.25) is 0 Å². The molecule has 3 atom stereocenters. The van der Waals surface area contributed by atoms with E-state index in [1.807, 2.05) is 43.3 Å². The lowest BCUT2D eigenvalue weighted by molar-refractivity contribution is -0.150. The Labute approximate surface area is 156 Å². The lowest BCUT2D eigenvalue weighted by Crippen LogP contribution is -2.68. The first-order valence-electron chi connectivity index (χ1n) is 8.80. The highest BCUT2D eigenvalue weighted by Gasteiger charge is 2.51. The first-order valence-corrected chi connectivity index (χ1v) is 10.6. The predicted octanol–water partition coefficient (Wildman–Crippen LogP) is 1.68. The molecule has 0 spiro atoms. The molecular formula is C19H28N2O4S. The minimum absolute atomic E-state index is 0.0715. The summed E-state index contributed by atoms with van der Waals surface area (Å²) in [6, 6.07) is 7.35. The molecule has 0 saturated carbocycles. The number of aliphatic hydroxyl groups is 1. The van der Waals surface area contributed by atoms with Gasteiger partial charge in [0.05, 0.1) is 24.9 Å². The predicted molar refractivity (Wildman–Crippen MR) is 103 cm³/mol. The number of amides is 1. The van der Waals surface area contributed by atoms with Crippen molar-refractivity contribution in [3.8, 4) is 0 Å². The summed E-state index contributed by atoms with van der Waals surface area (Å²) in [6.45, 7) is 3.79. The van der Waals surface area contributed by atoms with Crippen LogP contribution in [0.4, 0.5) is 0 Å². The Morgan fingerprint density at radius 2 is 1.88 bits per heavy atom. The Hall–Kier alpha value is -1.70. The zero-order valence-electron chi connectivity index (χ0n) is 15.8. The van der Waals surface area contributed by atoms with Crippen LogP contribution in [0.5, 0.6) is 0 Å². The summed E-state index contributed by atoms with van der Waals surface area (Å²) in [5, 5.41) is 9.85. The van der Waals surface area contributed by atoms with Gasteiger partial charge in [-0.25, -0.2) is 12.7 Å². The third-order valence-corrected chi connectivity index (χ3v) is 6.29. The van der Waals surface area contributed by atoms with E-state index < -0.39 is 10.0 Å². The third kappa shape index (κ3) is 4.16. The van der Waals surface area contributed by atoms with Gasteiger partial charge in [-0.3, -0.25) is 4.79 Å². The van der Waals surface area contributed by atoms with E-state index in [-0.39, 0.29) is 37.1 Å². The second-order valence-corrected chi connectivity index (χ2v) is 8.80. The molecular weight excluding hydrogens is 352 g/mol. The maximum atomic E-state index is 12.4. The van der Waals surface area contributed by atoms with Crippen LogP contribution in [-0.4, -0.2) is 67.2 Å². The number of hydrogen-bond acceptors (Lipinski definition) is 4. The number of nitrogens with zero attached hydrogens (tertiary/aromatic N) is 2. The van der Waals surface area contributed by atoms with Gasteiger partial charge in [-0.2, -0.15) is 0 Å². The van der Waals surface area contributed by atoms with E-state index in [1.165, 1.54) is 11.4 Å². The minimum atomic E-state index is -3.35. The van der Waals surface area contributed by atoms with E-state index in [1.54, 1.807) is 11.8 Å². The van der Waals surface area contributed by atoms with Gasteiger partial charge in [-0.15, -0.1) is 0 Å². The summed E-state index contributed by atoms with van der Waals surface area (Å²) in [5.41, 5.74) is 2.08. The van der Waals surface area contributed by atoms with Crippen LogP contribution in [0.25, 0.3) is 6.08 Å². The first kappa shape index (κ1) is 20.6. The molecule has 26 heavy (non-hydrogen) atoms. The summed E-state index contributed by atoms with van der Waals surface area (Å²) < 4.78 is 24.9. The van der Waals surface area contributed by atoms with E-state index in [0.717, 1.165) is 17.4 Å². The normalized spacial score (nSPS) is 23.5. The number of aliphatic hydroxyl groups excluding tert-OH is 1. The van der Waals surface area contributed by atoms with Crippen molar-refractivity contribution in [3.05, 3.63) is 41.5 Å². The monoisotopic (exact) mass is 380 g/mol. The number of carbonyl (C=O) groups excluding carboxylic acids is 1. The van der Waals surface area contributed by atoms with Crippen molar-refractivity contribution in [1.82, 2.24) is 9.21 Å². The highest BCUT2D eigenvalue weighted by Crippen LogP contribution is 2.41. The van der Waals surface area contributed by atoms with Crippen LogP contribution >= 0.6 is 0 Å². The largest absolute Gasteiger partial charge is 0.394 e. The van der Waals surface area contributed by atoms with E-state index in [2.05, 4.69) is 0 Å². The molecule has 1 aromatic rings. The topological polar surface area (TPSA) is 77.9 Å². The van der Waals surface area contributed by atoms with Gasteiger partial charge in [0.15, 0.2) is 0 Å². The van der Waals surface area contributed by atoms with E-state index in [9.17, 15) is 18.3 Å². The molecule has 1 aliphatic rings. The van der Waals surface area contributed by atoms with Crippen LogP contribution in [0.3, 0.4) is 0 Å². The van der Waals surface area contributed by atoms with Crippen LogP contribution in [-0.2, 0) is 14.8 Å². The number of benzene rings is 1. The van der Waals surface area contributed by atoms with Crippen molar-refractivity contribution in [3.63, 3.8) is 0 Å². The molecule has 0 aliphatic carbocycles. The van der Waals surface area contributed by atoms with Crippen molar-refractivity contribution in [2.75, 3.05) is 26.5 Å². The quantitative estimate of drug-likeness (QED) is 0.781. The average Bonchev–Trinajstić information content (AvgIpc) is 2.58. The van der Waals surface area contributed by atoms with Gasteiger partial charge in [0.1, 0.15) is 0 Å². The number of carbonyl (C=O) groups is 1. The Morgan fingerprint density at radius 1 is 1.27 bits per heavy atom. The summed E-state index contributed by atoms with van der Waals surface area (Å²) in [4.78, 5) is 14.0. The number of likely N-dealkylation sites (N-methyl/N-ethyl adjacent to an activating group) is 1. The lowest BCUT2D eigenvalue weighted by atomic mass is 9.74. The number of likely N-dealkylation sites (tertiary alicyclic amines) is 1. The Kier molecular flexibility index (Phi) is 6.60. The van der Waals surface area contributed by atoms with Gasteiger partial charge in [0.25, 0.3) is 0 Å². The van der Waals surface area contributed by atoms with Gasteiger partial charge in [0, 0.05) is 25.9 Å². The molecule has 0 radical (unpaired) electrons. The Balaban J connectivity index is 2.34. The summed E-state index contributed by atoms with van der Waals surface area (Å²) in [7, 11) is -1.83. The molecule has 6 nitrogen and oxygen atoms in total. The summed E-state index contributed by atoms with van der Waals surface area (Å²) in [5.74, 6) is -0.169. The van der Waals surface area contributed by atoms with Crippen LogP contribution < -0.4 is 0 Å². The molecule has 2 rings (SSSR count). The molecule has 0 aromatic heterocycles. The van der Waals surface area contributed by atoms with Crippen LogP contribution in [0.1, 0.15) is 37.3 Å². The first-order chi connectivity index (χ1) is 12.2. The highest BCUT2D eigenvalue weighted by atomic mass is 32.2. The molecule has 144 valence electrons. The smallest absolute Gasteiger partial charge is 0.222 e. The second kappa shape index (κ2) is 8.33. The fourth-order valence-electron chi connectivity index (χ4n) is 3.57. The van der Waals surface area contributed by atoms with E-state index in [0.29, 0.717) is 6.42 Å². The highest BCUT2D eigenvalue weighted by molar-refractivity contribution is 7.88. The SMILES string of the molecule is C/C=C/c1ccc([C@@H]2[C@@H](CN(C)S(C)(=O)=O)N(C(=O)CC)[C@H]2CO)cc1. The van der Waals surface area contributed by atoms with Gasteiger partial charge in [-0.1, -0.05) is 43.3 Å². The standard InChI is InChI=1S/C19H28N2O4S/c1-5-7-14-8-10-15(11-9-14)19-16(12-20(3)26(4,24)25)21(17(19)13-22)18(23)6-2/h5,7-11,16-17,19,22H,6,12-13H2,1-4H3/b7-5+/t16-,17+,19-/m1/s1. The number of sulfonamides is 1. The molecule has 1 amide bonds. The fourth-order valence-corrected chi connectivity index (χ4v) is 3.99.